The van der Waals surface area contributed by atoms with Gasteiger partial charge in [0.05, 0.1) is 5.56 Å². The average molecular weight is 357 g/mol. The van der Waals surface area contributed by atoms with Gasteiger partial charge in [-0.1, -0.05) is 13.8 Å². The molecule has 0 spiro atoms. The summed E-state index contributed by atoms with van der Waals surface area (Å²) < 4.78 is 5.99. The molecule has 116 valence electrons. The number of esters is 1. The molecule has 1 amide bonds. The third-order valence-electron chi connectivity index (χ3n) is 2.60. The molecular weight excluding hydrogens is 336 g/mol. The fraction of sp³-hybridized carbons (Fsp3) is 0.533. The maximum absolute atomic E-state index is 12.2. The van der Waals surface area contributed by atoms with Gasteiger partial charge in [-0.3, -0.25) is 4.79 Å². The number of rotatable bonds is 4. The van der Waals surface area contributed by atoms with E-state index >= 15 is 0 Å². The molecule has 0 saturated heterocycles. The number of carbonyl (C=O) groups excluding carboxylic acids is 2. The number of nitrogens with one attached hydrogen (secondary N) is 1. The smallest absolute Gasteiger partial charge is 0.329 e. The van der Waals surface area contributed by atoms with Crippen molar-refractivity contribution in [3.63, 3.8) is 0 Å². The van der Waals surface area contributed by atoms with Crippen LogP contribution in [0.4, 0.5) is 0 Å². The van der Waals surface area contributed by atoms with Gasteiger partial charge in [0.2, 0.25) is 0 Å². The molecule has 1 aromatic heterocycles. The number of nitrogens with zero attached hydrogens (tertiary/aromatic N) is 1. The maximum Gasteiger partial charge on any atom is 0.329 e. The summed E-state index contributed by atoms with van der Waals surface area (Å²) in [6.07, 6.45) is 1.45. The zero-order chi connectivity index (χ0) is 16.2. The van der Waals surface area contributed by atoms with Gasteiger partial charge in [-0.2, -0.15) is 0 Å². The predicted octanol–water partition coefficient (Wildman–Crippen LogP) is 2.94. The highest BCUT2D eigenvalue weighted by molar-refractivity contribution is 9.10. The second-order valence-corrected chi connectivity index (χ2v) is 6.91. The molecule has 1 rings (SSSR count). The molecular formula is C15H21BrN2O3. The molecule has 0 bridgehead atoms. The minimum Gasteiger partial charge on any atom is -0.458 e. The third-order valence-corrected chi connectivity index (χ3v) is 3.07. The minimum atomic E-state index is -0.694. The summed E-state index contributed by atoms with van der Waals surface area (Å²) in [7, 11) is 0. The van der Waals surface area contributed by atoms with E-state index in [1.807, 2.05) is 13.8 Å². The Hall–Kier alpha value is -1.43. The summed E-state index contributed by atoms with van der Waals surface area (Å²) in [5, 5.41) is 2.71. The predicted molar refractivity (Wildman–Crippen MR) is 83.9 cm³/mol. The number of aromatic nitrogens is 1. The molecule has 0 fully saturated rings. The molecule has 0 aromatic carbocycles. The number of hydrogen-bond donors (Lipinski definition) is 1. The first kappa shape index (κ1) is 17.6. The van der Waals surface area contributed by atoms with Crippen molar-refractivity contribution in [3.8, 4) is 0 Å². The van der Waals surface area contributed by atoms with Crippen LogP contribution >= 0.6 is 15.9 Å². The van der Waals surface area contributed by atoms with E-state index < -0.39 is 17.6 Å². The molecule has 0 unspecified atom stereocenters. The first-order chi connectivity index (χ1) is 9.60. The lowest BCUT2D eigenvalue weighted by molar-refractivity contribution is -0.158. The summed E-state index contributed by atoms with van der Waals surface area (Å²) in [5.41, 5.74) is -0.193. The van der Waals surface area contributed by atoms with Gasteiger partial charge < -0.3 is 10.1 Å². The number of ether oxygens (including phenoxy) is 1. The summed E-state index contributed by atoms with van der Waals surface area (Å²) in [5.74, 6) is -0.859. The largest absolute Gasteiger partial charge is 0.458 e. The fourth-order valence-electron chi connectivity index (χ4n) is 1.60. The van der Waals surface area contributed by atoms with Crippen LogP contribution in [0.5, 0.6) is 0 Å². The normalized spacial score (nSPS) is 12.9. The Morgan fingerprint density at radius 1 is 1.29 bits per heavy atom. The highest BCUT2D eigenvalue weighted by Gasteiger charge is 2.29. The number of carbonyl (C=O) groups is 2. The molecule has 0 radical (unpaired) electrons. The lowest BCUT2D eigenvalue weighted by Gasteiger charge is -2.26. The molecule has 1 aromatic rings. The molecule has 21 heavy (non-hydrogen) atoms. The van der Waals surface area contributed by atoms with Crippen LogP contribution in [0.1, 0.15) is 45.0 Å². The van der Waals surface area contributed by atoms with Gasteiger partial charge >= 0.3 is 5.97 Å². The molecule has 0 saturated carbocycles. The van der Waals surface area contributed by atoms with Crippen molar-refractivity contribution in [1.82, 2.24) is 10.3 Å². The Labute approximate surface area is 133 Å². The van der Waals surface area contributed by atoms with Gasteiger partial charge in [-0.25, -0.2) is 9.78 Å². The van der Waals surface area contributed by atoms with Crippen LogP contribution in [-0.4, -0.2) is 28.5 Å². The van der Waals surface area contributed by atoms with E-state index in [1.165, 1.54) is 6.20 Å². The second kappa shape index (κ2) is 7.02. The molecule has 0 aliphatic carbocycles. The van der Waals surface area contributed by atoms with Gasteiger partial charge in [-0.15, -0.1) is 0 Å². The van der Waals surface area contributed by atoms with Crippen molar-refractivity contribution in [2.24, 2.45) is 5.92 Å². The fourth-order valence-corrected chi connectivity index (χ4v) is 1.83. The SMILES string of the molecule is CC(C)[C@H](NC(=O)c1ccc(Br)nc1)C(=O)OC(C)(C)C. The van der Waals surface area contributed by atoms with Crippen LogP contribution in [0, 0.1) is 5.92 Å². The highest BCUT2D eigenvalue weighted by Crippen LogP contribution is 2.13. The van der Waals surface area contributed by atoms with Gasteiger partial charge in [0.1, 0.15) is 16.2 Å². The quantitative estimate of drug-likeness (QED) is 0.665. The maximum atomic E-state index is 12.2. The molecule has 0 aliphatic heterocycles. The van der Waals surface area contributed by atoms with Crippen LogP contribution in [-0.2, 0) is 9.53 Å². The molecule has 5 nitrogen and oxygen atoms in total. The summed E-state index contributed by atoms with van der Waals surface area (Å²) in [4.78, 5) is 28.3. The number of amides is 1. The monoisotopic (exact) mass is 356 g/mol. The van der Waals surface area contributed by atoms with Gasteiger partial charge in [0.15, 0.2) is 0 Å². The summed E-state index contributed by atoms with van der Waals surface area (Å²) >= 11 is 3.21. The van der Waals surface area contributed by atoms with Gasteiger partial charge in [-0.05, 0) is 54.8 Å². The average Bonchev–Trinajstić information content (AvgIpc) is 2.33. The van der Waals surface area contributed by atoms with Crippen LogP contribution < -0.4 is 5.32 Å². The lowest BCUT2D eigenvalue weighted by atomic mass is 10.0. The Balaban J connectivity index is 2.81. The van der Waals surface area contributed by atoms with E-state index in [-0.39, 0.29) is 11.8 Å². The molecule has 6 heteroatoms. The number of hydrogen-bond acceptors (Lipinski definition) is 4. The number of halogens is 1. The molecule has 0 aliphatic rings. The minimum absolute atomic E-state index is 0.0767. The van der Waals surface area contributed by atoms with Crippen molar-refractivity contribution >= 4 is 27.8 Å². The Morgan fingerprint density at radius 2 is 1.90 bits per heavy atom. The molecule has 1 atom stereocenters. The lowest BCUT2D eigenvalue weighted by Crippen LogP contribution is -2.47. The van der Waals surface area contributed by atoms with Crippen LogP contribution in [0.2, 0.25) is 0 Å². The Bertz CT molecular complexity index is 507. The van der Waals surface area contributed by atoms with E-state index in [2.05, 4.69) is 26.2 Å². The first-order valence-electron chi connectivity index (χ1n) is 6.75. The Kier molecular flexibility index (Phi) is 5.89. The topological polar surface area (TPSA) is 68.3 Å². The molecule has 1 N–H and O–H groups in total. The van der Waals surface area contributed by atoms with Crippen molar-refractivity contribution < 1.29 is 14.3 Å². The van der Waals surface area contributed by atoms with E-state index in [0.717, 1.165) is 0 Å². The summed E-state index contributed by atoms with van der Waals surface area (Å²) in [6, 6.07) is 2.62. The van der Waals surface area contributed by atoms with E-state index in [0.29, 0.717) is 10.2 Å². The van der Waals surface area contributed by atoms with Crippen molar-refractivity contribution in [3.05, 3.63) is 28.5 Å². The van der Waals surface area contributed by atoms with Crippen molar-refractivity contribution in [2.75, 3.05) is 0 Å². The van der Waals surface area contributed by atoms with Crippen molar-refractivity contribution in [1.29, 1.82) is 0 Å². The third kappa shape index (κ3) is 5.83. The van der Waals surface area contributed by atoms with Gasteiger partial charge in [0, 0.05) is 6.20 Å². The van der Waals surface area contributed by atoms with Crippen molar-refractivity contribution in [2.45, 2.75) is 46.3 Å². The molecule has 1 heterocycles. The first-order valence-corrected chi connectivity index (χ1v) is 7.55. The van der Waals surface area contributed by atoms with E-state index in [1.54, 1.807) is 32.9 Å². The van der Waals surface area contributed by atoms with Crippen LogP contribution in [0.3, 0.4) is 0 Å². The zero-order valence-corrected chi connectivity index (χ0v) is 14.5. The van der Waals surface area contributed by atoms with E-state index in [9.17, 15) is 9.59 Å². The zero-order valence-electron chi connectivity index (χ0n) is 12.9. The Morgan fingerprint density at radius 3 is 2.33 bits per heavy atom. The van der Waals surface area contributed by atoms with Gasteiger partial charge in [0.25, 0.3) is 5.91 Å². The number of pyridine rings is 1. The summed E-state index contributed by atoms with van der Waals surface area (Å²) in [6.45, 7) is 9.09. The van der Waals surface area contributed by atoms with Crippen LogP contribution in [0.25, 0.3) is 0 Å². The van der Waals surface area contributed by atoms with Crippen LogP contribution in [0.15, 0.2) is 22.9 Å². The highest BCUT2D eigenvalue weighted by atomic mass is 79.9. The van der Waals surface area contributed by atoms with E-state index in [4.69, 9.17) is 4.74 Å². The standard InChI is InChI=1S/C15H21BrN2O3/c1-9(2)12(14(20)21-15(3,4)5)18-13(19)10-6-7-11(16)17-8-10/h6-9,12H,1-5H3,(H,18,19)/t12-/m0/s1. The second-order valence-electron chi connectivity index (χ2n) is 6.10.